The molecule has 3 heterocycles. The lowest BCUT2D eigenvalue weighted by molar-refractivity contribution is -0.143. The van der Waals surface area contributed by atoms with Crippen LogP contribution in [0.3, 0.4) is 0 Å². The van der Waals surface area contributed by atoms with Crippen LogP contribution < -0.4 is 5.32 Å². The Morgan fingerprint density at radius 1 is 1.30 bits per heavy atom. The van der Waals surface area contributed by atoms with E-state index in [0.29, 0.717) is 32.5 Å². The van der Waals surface area contributed by atoms with Gasteiger partial charge in [-0.3, -0.25) is 4.79 Å². The van der Waals surface area contributed by atoms with Crippen molar-refractivity contribution in [1.29, 1.82) is 0 Å². The molecular formula is C16H20N4O3. The molecule has 122 valence electrons. The van der Waals surface area contributed by atoms with E-state index in [-0.39, 0.29) is 11.9 Å². The highest BCUT2D eigenvalue weighted by atomic mass is 16.4. The third-order valence-electron chi connectivity index (χ3n) is 4.20. The molecule has 0 spiro atoms. The van der Waals surface area contributed by atoms with Crippen LogP contribution in [-0.2, 0) is 11.3 Å². The number of urea groups is 1. The second-order valence-corrected chi connectivity index (χ2v) is 5.96. The number of likely N-dealkylation sites (tertiary alicyclic amines) is 1. The zero-order valence-electron chi connectivity index (χ0n) is 13.0. The summed E-state index contributed by atoms with van der Waals surface area (Å²) in [5.41, 5.74) is 2.79. The molecule has 1 fully saturated rings. The van der Waals surface area contributed by atoms with E-state index < -0.39 is 5.97 Å². The minimum Gasteiger partial charge on any atom is -0.481 e. The third-order valence-corrected chi connectivity index (χ3v) is 4.20. The number of pyridine rings is 1. The highest BCUT2D eigenvalue weighted by Crippen LogP contribution is 2.17. The van der Waals surface area contributed by atoms with Crippen molar-refractivity contribution in [2.24, 2.45) is 5.92 Å². The van der Waals surface area contributed by atoms with Gasteiger partial charge in [0.05, 0.1) is 18.2 Å². The van der Waals surface area contributed by atoms with Gasteiger partial charge in [0.1, 0.15) is 5.65 Å². The summed E-state index contributed by atoms with van der Waals surface area (Å²) in [4.78, 5) is 29.2. The number of carboxylic acid groups (broad SMARTS) is 1. The molecule has 0 unspecified atom stereocenters. The summed E-state index contributed by atoms with van der Waals surface area (Å²) in [5, 5.41) is 11.8. The van der Waals surface area contributed by atoms with E-state index in [1.807, 2.05) is 35.9 Å². The fourth-order valence-corrected chi connectivity index (χ4v) is 2.85. The van der Waals surface area contributed by atoms with Gasteiger partial charge in [-0.2, -0.15) is 0 Å². The first-order chi connectivity index (χ1) is 11.0. The minimum absolute atomic E-state index is 0.165. The fraction of sp³-hybridized carbons (Fsp3) is 0.438. The molecule has 0 aromatic carbocycles. The Balaban J connectivity index is 1.55. The van der Waals surface area contributed by atoms with Crippen molar-refractivity contribution in [3.8, 4) is 0 Å². The number of aliphatic carboxylic acids is 1. The molecule has 0 radical (unpaired) electrons. The molecule has 7 heteroatoms. The maximum atomic E-state index is 12.2. The molecule has 2 N–H and O–H groups in total. The Labute approximate surface area is 133 Å². The van der Waals surface area contributed by atoms with Crippen molar-refractivity contribution < 1.29 is 14.7 Å². The van der Waals surface area contributed by atoms with Crippen molar-refractivity contribution in [1.82, 2.24) is 19.6 Å². The second kappa shape index (κ2) is 6.28. The van der Waals surface area contributed by atoms with Gasteiger partial charge < -0.3 is 19.7 Å². The average Bonchev–Trinajstić information content (AvgIpc) is 2.94. The van der Waals surface area contributed by atoms with Crippen molar-refractivity contribution in [3.05, 3.63) is 35.8 Å². The molecule has 1 aliphatic rings. The predicted octanol–water partition coefficient (Wildman–Crippen LogP) is 1.65. The standard InChI is InChI=1S/C16H20N4O3/c1-11-2-3-14-18-13(10-20(14)9-11)8-17-16(23)19-6-4-12(5-7-19)15(21)22/h2-3,9-10,12H,4-8H2,1H3,(H,17,23)(H,21,22). The number of carbonyl (C=O) groups is 2. The van der Waals surface area contributed by atoms with E-state index in [9.17, 15) is 9.59 Å². The molecule has 1 aliphatic heterocycles. The van der Waals surface area contributed by atoms with Gasteiger partial charge >= 0.3 is 12.0 Å². The van der Waals surface area contributed by atoms with Crippen LogP contribution in [0.5, 0.6) is 0 Å². The maximum absolute atomic E-state index is 12.2. The fourth-order valence-electron chi connectivity index (χ4n) is 2.85. The van der Waals surface area contributed by atoms with Crippen LogP contribution in [0.25, 0.3) is 5.65 Å². The number of nitrogens with zero attached hydrogens (tertiary/aromatic N) is 3. The Hall–Kier alpha value is -2.57. The van der Waals surface area contributed by atoms with Gasteiger partial charge in [-0.15, -0.1) is 0 Å². The molecule has 1 saturated heterocycles. The van der Waals surface area contributed by atoms with Crippen LogP contribution in [0.1, 0.15) is 24.1 Å². The highest BCUT2D eigenvalue weighted by molar-refractivity contribution is 5.75. The van der Waals surface area contributed by atoms with Crippen LogP contribution in [0, 0.1) is 12.8 Å². The number of carboxylic acids is 1. The summed E-state index contributed by atoms with van der Waals surface area (Å²) in [6, 6.07) is 3.77. The first-order valence-corrected chi connectivity index (χ1v) is 7.73. The quantitative estimate of drug-likeness (QED) is 0.901. The van der Waals surface area contributed by atoms with E-state index in [1.54, 1.807) is 4.90 Å². The van der Waals surface area contributed by atoms with Gasteiger partial charge in [-0.25, -0.2) is 9.78 Å². The number of rotatable bonds is 3. The predicted molar refractivity (Wildman–Crippen MR) is 84.1 cm³/mol. The summed E-state index contributed by atoms with van der Waals surface area (Å²) in [7, 11) is 0. The van der Waals surface area contributed by atoms with E-state index in [0.717, 1.165) is 16.9 Å². The summed E-state index contributed by atoms with van der Waals surface area (Å²) in [6.45, 7) is 3.33. The van der Waals surface area contributed by atoms with E-state index in [4.69, 9.17) is 5.11 Å². The molecule has 7 nitrogen and oxygen atoms in total. The Bertz CT molecular complexity index is 732. The summed E-state index contributed by atoms with van der Waals surface area (Å²) in [5.74, 6) is -1.11. The van der Waals surface area contributed by atoms with Crippen molar-refractivity contribution in [3.63, 3.8) is 0 Å². The first-order valence-electron chi connectivity index (χ1n) is 7.73. The van der Waals surface area contributed by atoms with Crippen LogP contribution in [0.15, 0.2) is 24.5 Å². The lowest BCUT2D eigenvalue weighted by Gasteiger charge is -2.30. The normalized spacial score (nSPS) is 15.8. The molecule has 0 bridgehead atoms. The topological polar surface area (TPSA) is 86.9 Å². The van der Waals surface area contributed by atoms with Crippen LogP contribution in [-0.4, -0.2) is 44.5 Å². The molecule has 23 heavy (non-hydrogen) atoms. The number of piperidine rings is 1. The largest absolute Gasteiger partial charge is 0.481 e. The maximum Gasteiger partial charge on any atom is 0.317 e. The lowest BCUT2D eigenvalue weighted by atomic mass is 9.97. The number of fused-ring (bicyclic) bond motifs is 1. The number of aryl methyl sites for hydroxylation is 1. The number of hydrogen-bond donors (Lipinski definition) is 2. The molecule has 0 aliphatic carbocycles. The lowest BCUT2D eigenvalue weighted by Crippen LogP contribution is -2.45. The van der Waals surface area contributed by atoms with Crippen LogP contribution in [0.2, 0.25) is 0 Å². The Morgan fingerprint density at radius 3 is 2.74 bits per heavy atom. The minimum atomic E-state index is -0.773. The second-order valence-electron chi connectivity index (χ2n) is 5.96. The van der Waals surface area contributed by atoms with Crippen molar-refractivity contribution in [2.75, 3.05) is 13.1 Å². The molecular weight excluding hydrogens is 296 g/mol. The number of aromatic nitrogens is 2. The summed E-state index contributed by atoms with van der Waals surface area (Å²) >= 11 is 0. The van der Waals surface area contributed by atoms with E-state index in [1.165, 1.54) is 0 Å². The average molecular weight is 316 g/mol. The first kappa shape index (κ1) is 15.3. The van der Waals surface area contributed by atoms with Crippen LogP contribution in [0.4, 0.5) is 4.79 Å². The van der Waals surface area contributed by atoms with Gasteiger partial charge in [0.15, 0.2) is 0 Å². The van der Waals surface area contributed by atoms with Crippen molar-refractivity contribution in [2.45, 2.75) is 26.3 Å². The Kier molecular flexibility index (Phi) is 4.18. The van der Waals surface area contributed by atoms with E-state index >= 15 is 0 Å². The van der Waals surface area contributed by atoms with E-state index in [2.05, 4.69) is 10.3 Å². The molecule has 2 aromatic heterocycles. The molecule has 2 amide bonds. The van der Waals surface area contributed by atoms with Crippen molar-refractivity contribution >= 4 is 17.6 Å². The summed E-state index contributed by atoms with van der Waals surface area (Å²) in [6.07, 6.45) is 4.91. The summed E-state index contributed by atoms with van der Waals surface area (Å²) < 4.78 is 1.94. The Morgan fingerprint density at radius 2 is 2.04 bits per heavy atom. The van der Waals surface area contributed by atoms with Gasteiger partial charge in [0.25, 0.3) is 0 Å². The zero-order chi connectivity index (χ0) is 16.4. The third kappa shape index (κ3) is 3.44. The zero-order valence-corrected chi connectivity index (χ0v) is 13.0. The molecule has 0 atom stereocenters. The molecule has 3 rings (SSSR count). The van der Waals surface area contributed by atoms with Crippen LogP contribution >= 0.6 is 0 Å². The van der Waals surface area contributed by atoms with Gasteiger partial charge in [-0.1, -0.05) is 6.07 Å². The van der Waals surface area contributed by atoms with Gasteiger partial charge in [0, 0.05) is 25.5 Å². The highest BCUT2D eigenvalue weighted by Gasteiger charge is 2.26. The number of nitrogens with one attached hydrogen (secondary N) is 1. The number of amides is 2. The molecule has 0 saturated carbocycles. The SMILES string of the molecule is Cc1ccc2nc(CNC(=O)N3CCC(C(=O)O)CC3)cn2c1. The molecule has 2 aromatic rings. The van der Waals surface area contributed by atoms with Gasteiger partial charge in [0.2, 0.25) is 0 Å². The number of imidazole rings is 1. The van der Waals surface area contributed by atoms with Gasteiger partial charge in [-0.05, 0) is 31.4 Å². The monoisotopic (exact) mass is 316 g/mol. The smallest absolute Gasteiger partial charge is 0.317 e. The number of carbonyl (C=O) groups excluding carboxylic acids is 1. The number of hydrogen-bond acceptors (Lipinski definition) is 3.